The summed E-state index contributed by atoms with van der Waals surface area (Å²) in [6.45, 7) is -5.60. The van der Waals surface area contributed by atoms with Gasteiger partial charge in [-0.05, 0) is 0 Å². The van der Waals surface area contributed by atoms with Crippen LogP contribution in [0.25, 0.3) is 0 Å². The Morgan fingerprint density at radius 2 is 0.846 bits per heavy atom. The zero-order valence-electron chi connectivity index (χ0n) is 18.6. The first-order valence-corrected chi connectivity index (χ1v) is 10.9. The van der Waals surface area contributed by atoms with Gasteiger partial charge in [-0.2, -0.15) is 78.7 Å². The molecule has 0 saturated carbocycles. The molecule has 1 N–H and O–H groups in total. The summed E-state index contributed by atoms with van der Waals surface area (Å²) < 4.78 is 250. The Kier molecular flexibility index (Phi) is 11.4. The van der Waals surface area contributed by atoms with Gasteiger partial charge in [0.15, 0.2) is 0 Å². The van der Waals surface area contributed by atoms with Gasteiger partial charge < -0.3 is 9.47 Å². The summed E-state index contributed by atoms with van der Waals surface area (Å²) >= 11 is 0. The molecule has 0 aliphatic rings. The van der Waals surface area contributed by atoms with Gasteiger partial charge in [-0.1, -0.05) is 0 Å². The van der Waals surface area contributed by atoms with Gasteiger partial charge in [-0.25, -0.2) is 9.47 Å². The van der Waals surface area contributed by atoms with Crippen molar-refractivity contribution in [1.82, 2.24) is 0 Å². The highest BCUT2D eigenvalue weighted by atomic mass is 32.2. The summed E-state index contributed by atoms with van der Waals surface area (Å²) in [4.78, 5) is 0. The molecule has 7 nitrogen and oxygen atoms in total. The van der Waals surface area contributed by atoms with E-state index < -0.39 is 104 Å². The van der Waals surface area contributed by atoms with E-state index in [1.807, 2.05) is 4.74 Å². The third kappa shape index (κ3) is 9.33. The fourth-order valence-corrected chi connectivity index (χ4v) is 2.13. The average Bonchev–Trinajstić information content (AvgIpc) is 2.66. The van der Waals surface area contributed by atoms with E-state index >= 15 is 0 Å². The molecule has 0 aliphatic heterocycles. The van der Waals surface area contributed by atoms with E-state index in [0.717, 1.165) is 0 Å². The van der Waals surface area contributed by atoms with Crippen molar-refractivity contribution in [3.63, 3.8) is 0 Å². The van der Waals surface area contributed by atoms with Crippen LogP contribution in [0, 0.1) is 0 Å². The molecule has 0 radical (unpaired) electrons. The van der Waals surface area contributed by atoms with Crippen molar-refractivity contribution in [2.45, 2.75) is 67.2 Å². The van der Waals surface area contributed by atoms with Crippen LogP contribution in [-0.2, 0) is 29.1 Å². The summed E-state index contributed by atoms with van der Waals surface area (Å²) in [6, 6.07) is 0. The Labute approximate surface area is 207 Å². The lowest BCUT2D eigenvalue weighted by molar-refractivity contribution is -0.466. The SMILES string of the molecule is CC(F)(F)C(F)(F)OC(F)(F)C(F)(F)CCOCCOCCC(F)(F)C(F)(F)OC(F)(F)C(F)(F)S(=O)(=O)O. The molecule has 236 valence electrons. The van der Waals surface area contributed by atoms with E-state index in [1.54, 1.807) is 0 Å². The standard InChI is InChI=1S/C15H16F16O7S/c1-8(16,17)11(22,23)37-12(24,25)9(18,19)2-4-35-6-7-36-5-3-10(20,21)13(26,27)38-14(28,29)15(30,31)39(32,33)34/h2-7H2,1H3,(H,32,33,34). The number of rotatable bonds is 18. The molecule has 0 aromatic heterocycles. The van der Waals surface area contributed by atoms with Crippen LogP contribution in [-0.4, -0.2) is 86.9 Å². The third-order valence-corrected chi connectivity index (χ3v) is 4.92. The second kappa shape index (κ2) is 11.9. The van der Waals surface area contributed by atoms with E-state index in [0.29, 0.717) is 0 Å². The van der Waals surface area contributed by atoms with Crippen LogP contribution in [0.2, 0.25) is 0 Å². The van der Waals surface area contributed by atoms with Crippen LogP contribution < -0.4 is 0 Å². The molecule has 0 saturated heterocycles. The second-order valence-electron chi connectivity index (χ2n) is 7.29. The quantitative estimate of drug-likeness (QED) is 0.118. The van der Waals surface area contributed by atoms with Crippen LogP contribution in [0.15, 0.2) is 0 Å². The van der Waals surface area contributed by atoms with Crippen molar-refractivity contribution in [1.29, 1.82) is 0 Å². The van der Waals surface area contributed by atoms with Gasteiger partial charge in [-0.15, -0.1) is 0 Å². The van der Waals surface area contributed by atoms with Crippen LogP contribution in [0.5, 0.6) is 0 Å². The molecular formula is C15H16F16O7S. The molecule has 0 atom stereocenters. The predicted molar refractivity (Wildman–Crippen MR) is 89.8 cm³/mol. The zero-order valence-corrected chi connectivity index (χ0v) is 19.4. The van der Waals surface area contributed by atoms with Gasteiger partial charge >= 0.3 is 57.6 Å². The molecule has 0 rings (SSSR count). The summed E-state index contributed by atoms with van der Waals surface area (Å²) in [7, 11) is -7.13. The van der Waals surface area contributed by atoms with Crippen LogP contribution in [0.4, 0.5) is 70.2 Å². The third-order valence-electron chi connectivity index (χ3n) is 4.03. The van der Waals surface area contributed by atoms with Gasteiger partial charge in [0.1, 0.15) is 0 Å². The highest BCUT2D eigenvalue weighted by molar-refractivity contribution is 7.86. The van der Waals surface area contributed by atoms with Gasteiger partial charge in [0.2, 0.25) is 0 Å². The number of halogens is 16. The lowest BCUT2D eigenvalue weighted by Gasteiger charge is -2.31. The predicted octanol–water partition coefficient (Wildman–Crippen LogP) is 5.61. The topological polar surface area (TPSA) is 91.3 Å². The largest absolute Gasteiger partial charge is 0.460 e. The van der Waals surface area contributed by atoms with E-state index in [9.17, 15) is 78.7 Å². The molecule has 0 spiro atoms. The van der Waals surface area contributed by atoms with Crippen LogP contribution in [0.1, 0.15) is 19.8 Å². The molecule has 0 aromatic carbocycles. The van der Waals surface area contributed by atoms with Crippen molar-refractivity contribution in [3.8, 4) is 0 Å². The number of hydrogen-bond donors (Lipinski definition) is 1. The Balaban J connectivity index is 4.73. The van der Waals surface area contributed by atoms with Gasteiger partial charge in [-0.3, -0.25) is 4.55 Å². The number of hydrogen-bond acceptors (Lipinski definition) is 6. The minimum absolute atomic E-state index is 0.605. The average molecular weight is 644 g/mol. The first-order valence-electron chi connectivity index (χ1n) is 9.42. The fraction of sp³-hybridized carbons (Fsp3) is 1.00. The fourth-order valence-electron chi connectivity index (χ4n) is 1.78. The second-order valence-corrected chi connectivity index (χ2v) is 8.75. The molecule has 0 unspecified atom stereocenters. The molecule has 39 heavy (non-hydrogen) atoms. The van der Waals surface area contributed by atoms with E-state index in [-0.39, 0.29) is 0 Å². The van der Waals surface area contributed by atoms with Crippen molar-refractivity contribution >= 4 is 10.1 Å². The molecule has 0 fully saturated rings. The Bertz CT molecular complexity index is 904. The molecule has 0 heterocycles. The van der Waals surface area contributed by atoms with Crippen molar-refractivity contribution in [2.75, 3.05) is 26.4 Å². The zero-order chi connectivity index (χ0) is 31.6. The van der Waals surface area contributed by atoms with Gasteiger partial charge in [0.05, 0.1) is 26.4 Å². The maximum Gasteiger partial charge on any atom is 0.460 e. The Morgan fingerprint density at radius 3 is 1.13 bits per heavy atom. The van der Waals surface area contributed by atoms with Gasteiger partial charge in [0, 0.05) is 19.8 Å². The lowest BCUT2D eigenvalue weighted by Crippen LogP contribution is -2.56. The van der Waals surface area contributed by atoms with Crippen molar-refractivity contribution < 1.29 is 102 Å². The maximum absolute atomic E-state index is 13.4. The minimum Gasteiger partial charge on any atom is -0.379 e. The first kappa shape index (κ1) is 37.6. The van der Waals surface area contributed by atoms with E-state index in [1.165, 1.54) is 0 Å². The minimum atomic E-state index is -7.13. The molecular weight excluding hydrogens is 628 g/mol. The lowest BCUT2D eigenvalue weighted by atomic mass is 10.2. The maximum atomic E-state index is 13.4. The number of ether oxygens (including phenoxy) is 4. The van der Waals surface area contributed by atoms with Crippen molar-refractivity contribution in [2.24, 2.45) is 0 Å². The van der Waals surface area contributed by atoms with E-state index in [2.05, 4.69) is 14.2 Å². The highest BCUT2D eigenvalue weighted by Gasteiger charge is 2.74. The molecule has 0 amide bonds. The van der Waals surface area contributed by atoms with Crippen molar-refractivity contribution in [3.05, 3.63) is 0 Å². The van der Waals surface area contributed by atoms with E-state index in [4.69, 9.17) is 4.55 Å². The molecule has 0 bridgehead atoms. The monoisotopic (exact) mass is 644 g/mol. The van der Waals surface area contributed by atoms with Crippen LogP contribution >= 0.6 is 0 Å². The molecule has 24 heteroatoms. The highest BCUT2D eigenvalue weighted by Crippen LogP contribution is 2.48. The first-order chi connectivity index (χ1) is 16.9. The smallest absolute Gasteiger partial charge is 0.379 e. The van der Waals surface area contributed by atoms with Crippen LogP contribution in [0.3, 0.4) is 0 Å². The number of alkyl halides is 16. The normalized spacial score (nSPS) is 15.6. The Morgan fingerprint density at radius 1 is 0.538 bits per heavy atom. The molecule has 0 aromatic rings. The molecule has 0 aliphatic carbocycles. The summed E-state index contributed by atoms with van der Waals surface area (Å²) in [5.74, 6) is -16.6. The summed E-state index contributed by atoms with van der Waals surface area (Å²) in [6.07, 6.45) is -30.0. The van der Waals surface area contributed by atoms with Gasteiger partial charge in [0.25, 0.3) is 0 Å². The Hall–Kier alpha value is -1.37. The summed E-state index contributed by atoms with van der Waals surface area (Å²) in [5.41, 5.74) is 0. The summed E-state index contributed by atoms with van der Waals surface area (Å²) in [5, 5.41) is -6.79.